The summed E-state index contributed by atoms with van der Waals surface area (Å²) < 4.78 is 1.71. The Morgan fingerprint density at radius 2 is 1.75 bits per heavy atom. The van der Waals surface area contributed by atoms with E-state index in [0.717, 1.165) is 22.2 Å². The van der Waals surface area contributed by atoms with Gasteiger partial charge in [0.25, 0.3) is 5.91 Å². The monoisotopic (exact) mass is 424 g/mol. The number of carbonyl (C=O) groups is 1. The lowest BCUT2D eigenvalue weighted by molar-refractivity contribution is -0.133. The molecule has 2 aromatic carbocycles. The standard InChI is InChI=1S/C24H20N6O2/c1-30-14-16(13-27-30)21-28-20-19(11-12-26-22(20)29-21)15-7-9-18(10-8-15)24(32,23(25)31)17-5-3-2-4-6-17/h2-14,32H,1H3,(H2,25,31)(H,26,28,29). The molecule has 0 aliphatic rings. The van der Waals surface area contributed by atoms with Crippen LogP contribution in [0.25, 0.3) is 33.7 Å². The average molecular weight is 424 g/mol. The number of H-pyrrole nitrogens is 1. The molecule has 1 atom stereocenters. The van der Waals surface area contributed by atoms with Gasteiger partial charge in [0.05, 0.1) is 17.3 Å². The van der Waals surface area contributed by atoms with Gasteiger partial charge in [0.15, 0.2) is 11.2 Å². The molecule has 158 valence electrons. The maximum atomic E-state index is 12.2. The fourth-order valence-corrected chi connectivity index (χ4v) is 3.85. The molecule has 0 aliphatic carbocycles. The number of imidazole rings is 1. The van der Waals surface area contributed by atoms with Crippen LogP contribution in [0.2, 0.25) is 0 Å². The second-order valence-electron chi connectivity index (χ2n) is 7.56. The van der Waals surface area contributed by atoms with Crippen molar-refractivity contribution in [1.82, 2.24) is 24.7 Å². The molecule has 0 radical (unpaired) electrons. The fourth-order valence-electron chi connectivity index (χ4n) is 3.85. The summed E-state index contributed by atoms with van der Waals surface area (Å²) in [6, 6.07) is 17.7. The van der Waals surface area contributed by atoms with E-state index in [1.54, 1.807) is 53.5 Å². The third-order valence-corrected chi connectivity index (χ3v) is 5.53. The summed E-state index contributed by atoms with van der Waals surface area (Å²) in [5.41, 5.74) is 8.50. The van der Waals surface area contributed by atoms with Gasteiger partial charge in [0.2, 0.25) is 0 Å². The summed E-state index contributed by atoms with van der Waals surface area (Å²) in [4.78, 5) is 24.5. The highest BCUT2D eigenvalue weighted by Gasteiger charge is 2.38. The number of amides is 1. The van der Waals surface area contributed by atoms with E-state index in [-0.39, 0.29) is 0 Å². The van der Waals surface area contributed by atoms with Crippen LogP contribution >= 0.6 is 0 Å². The Labute approximate surface area is 183 Å². The Kier molecular flexibility index (Phi) is 4.57. The molecule has 4 N–H and O–H groups in total. The van der Waals surface area contributed by atoms with Crippen molar-refractivity contribution in [3.63, 3.8) is 0 Å². The topological polar surface area (TPSA) is 123 Å². The normalized spacial score (nSPS) is 13.2. The zero-order valence-electron chi connectivity index (χ0n) is 17.2. The van der Waals surface area contributed by atoms with Crippen molar-refractivity contribution in [3.05, 3.63) is 90.4 Å². The second-order valence-corrected chi connectivity index (χ2v) is 7.56. The highest BCUT2D eigenvalue weighted by molar-refractivity contribution is 5.92. The van der Waals surface area contributed by atoms with E-state index in [1.165, 1.54) is 0 Å². The first-order valence-corrected chi connectivity index (χ1v) is 9.99. The highest BCUT2D eigenvalue weighted by atomic mass is 16.3. The number of carbonyl (C=O) groups excluding carboxylic acids is 1. The number of aliphatic hydroxyl groups is 1. The minimum absolute atomic E-state index is 0.394. The summed E-state index contributed by atoms with van der Waals surface area (Å²) in [7, 11) is 1.85. The van der Waals surface area contributed by atoms with Crippen molar-refractivity contribution < 1.29 is 9.90 Å². The van der Waals surface area contributed by atoms with Crippen molar-refractivity contribution in [1.29, 1.82) is 0 Å². The molecular formula is C24H20N6O2. The molecule has 0 saturated heterocycles. The van der Waals surface area contributed by atoms with E-state index >= 15 is 0 Å². The number of aromatic amines is 1. The Bertz CT molecular complexity index is 1420. The molecule has 5 aromatic rings. The van der Waals surface area contributed by atoms with Gasteiger partial charge in [0.1, 0.15) is 5.82 Å². The quantitative estimate of drug-likeness (QED) is 0.400. The number of pyridine rings is 1. The molecule has 1 unspecified atom stereocenters. The first-order valence-electron chi connectivity index (χ1n) is 9.99. The van der Waals surface area contributed by atoms with Crippen LogP contribution in [0.15, 0.2) is 79.3 Å². The van der Waals surface area contributed by atoms with Gasteiger partial charge in [0, 0.05) is 25.0 Å². The predicted octanol–water partition coefficient (Wildman–Crippen LogP) is 2.75. The van der Waals surface area contributed by atoms with Gasteiger partial charge in [-0.25, -0.2) is 9.97 Å². The molecule has 3 heterocycles. The predicted molar refractivity (Wildman–Crippen MR) is 120 cm³/mol. The summed E-state index contributed by atoms with van der Waals surface area (Å²) in [5.74, 6) is -0.158. The molecule has 32 heavy (non-hydrogen) atoms. The van der Waals surface area contributed by atoms with Crippen molar-refractivity contribution in [3.8, 4) is 22.5 Å². The third kappa shape index (κ3) is 3.14. The number of fused-ring (bicyclic) bond motifs is 1. The molecule has 8 nitrogen and oxygen atoms in total. The van der Waals surface area contributed by atoms with Crippen LogP contribution in [-0.2, 0) is 17.4 Å². The highest BCUT2D eigenvalue weighted by Crippen LogP contribution is 2.33. The fraction of sp³-hybridized carbons (Fsp3) is 0.0833. The molecule has 0 aliphatic heterocycles. The number of rotatable bonds is 5. The zero-order valence-corrected chi connectivity index (χ0v) is 17.2. The lowest BCUT2D eigenvalue weighted by Gasteiger charge is -2.26. The number of benzene rings is 2. The average Bonchev–Trinajstić information content (AvgIpc) is 3.45. The van der Waals surface area contributed by atoms with Crippen LogP contribution in [0.1, 0.15) is 11.1 Å². The van der Waals surface area contributed by atoms with Gasteiger partial charge in [-0.05, 0) is 22.8 Å². The van der Waals surface area contributed by atoms with Gasteiger partial charge in [-0.1, -0.05) is 54.6 Å². The number of aryl methyl sites for hydroxylation is 1. The van der Waals surface area contributed by atoms with Crippen LogP contribution in [0.5, 0.6) is 0 Å². The number of nitrogens with two attached hydrogens (primary N) is 1. The van der Waals surface area contributed by atoms with Crippen molar-refractivity contribution in [2.45, 2.75) is 5.60 Å². The lowest BCUT2D eigenvalue weighted by atomic mass is 9.85. The molecule has 0 saturated carbocycles. The van der Waals surface area contributed by atoms with Gasteiger partial charge in [-0.2, -0.15) is 5.10 Å². The number of hydrogen-bond acceptors (Lipinski definition) is 5. The van der Waals surface area contributed by atoms with Crippen LogP contribution in [0.3, 0.4) is 0 Å². The molecule has 0 bridgehead atoms. The Morgan fingerprint density at radius 3 is 2.41 bits per heavy atom. The largest absolute Gasteiger partial charge is 0.372 e. The van der Waals surface area contributed by atoms with Gasteiger partial charge < -0.3 is 15.8 Å². The van der Waals surface area contributed by atoms with Crippen LogP contribution in [0, 0.1) is 0 Å². The molecule has 1 amide bonds. The summed E-state index contributed by atoms with van der Waals surface area (Å²) in [6.07, 6.45) is 5.31. The summed E-state index contributed by atoms with van der Waals surface area (Å²) >= 11 is 0. The third-order valence-electron chi connectivity index (χ3n) is 5.53. The Morgan fingerprint density at radius 1 is 1.03 bits per heavy atom. The number of primary amides is 1. The number of hydrogen-bond donors (Lipinski definition) is 3. The van der Waals surface area contributed by atoms with E-state index in [1.807, 2.05) is 37.5 Å². The first-order chi connectivity index (χ1) is 15.5. The van der Waals surface area contributed by atoms with Crippen LogP contribution in [0.4, 0.5) is 0 Å². The number of nitrogens with zero attached hydrogens (tertiary/aromatic N) is 4. The lowest BCUT2D eigenvalue weighted by Crippen LogP contribution is -2.42. The van der Waals surface area contributed by atoms with Gasteiger partial charge in [-0.3, -0.25) is 9.48 Å². The van der Waals surface area contributed by atoms with E-state index in [2.05, 4.69) is 20.1 Å². The van der Waals surface area contributed by atoms with Crippen LogP contribution < -0.4 is 5.73 Å². The summed E-state index contributed by atoms with van der Waals surface area (Å²) in [6.45, 7) is 0. The molecule has 0 spiro atoms. The van der Waals surface area contributed by atoms with Crippen molar-refractivity contribution in [2.24, 2.45) is 12.8 Å². The smallest absolute Gasteiger partial charge is 0.258 e. The molecule has 5 rings (SSSR count). The number of aromatic nitrogens is 5. The molecular weight excluding hydrogens is 404 g/mol. The Hall–Kier alpha value is -4.30. The van der Waals surface area contributed by atoms with E-state index in [0.29, 0.717) is 22.6 Å². The summed E-state index contributed by atoms with van der Waals surface area (Å²) in [5, 5.41) is 15.4. The SMILES string of the molecule is Cn1cc(-c2nc3nccc(-c4ccc(C(O)(C(N)=O)c5ccccc5)cc4)c3[nH]2)cn1. The maximum Gasteiger partial charge on any atom is 0.258 e. The minimum atomic E-state index is -1.92. The van der Waals surface area contributed by atoms with Gasteiger partial charge in [-0.15, -0.1) is 0 Å². The molecule has 8 heteroatoms. The van der Waals surface area contributed by atoms with E-state index in [4.69, 9.17) is 5.73 Å². The number of nitrogens with one attached hydrogen (secondary N) is 1. The van der Waals surface area contributed by atoms with Gasteiger partial charge >= 0.3 is 0 Å². The van der Waals surface area contributed by atoms with Crippen molar-refractivity contribution >= 4 is 17.1 Å². The van der Waals surface area contributed by atoms with E-state index < -0.39 is 11.5 Å². The second kappa shape index (κ2) is 7.44. The maximum absolute atomic E-state index is 12.2. The van der Waals surface area contributed by atoms with Crippen LogP contribution in [-0.4, -0.2) is 35.7 Å². The van der Waals surface area contributed by atoms with E-state index in [9.17, 15) is 9.90 Å². The molecule has 3 aromatic heterocycles. The minimum Gasteiger partial charge on any atom is -0.372 e. The zero-order chi connectivity index (χ0) is 22.3. The first kappa shape index (κ1) is 19.7. The van der Waals surface area contributed by atoms with Crippen molar-refractivity contribution in [2.75, 3.05) is 0 Å². The Balaban J connectivity index is 1.57. The molecule has 0 fully saturated rings.